The van der Waals surface area contributed by atoms with Gasteiger partial charge in [-0.05, 0) is 41.8 Å². The Morgan fingerprint density at radius 2 is 1.41 bits per heavy atom. The topological polar surface area (TPSA) is 58.2 Å². The first kappa shape index (κ1) is 18.4. The van der Waals surface area contributed by atoms with Crippen LogP contribution in [0.4, 0.5) is 5.69 Å². The Hall–Kier alpha value is -3.40. The van der Waals surface area contributed by atoms with Crippen LogP contribution in [-0.2, 0) is 11.2 Å². The van der Waals surface area contributed by atoms with Crippen LogP contribution in [0.2, 0.25) is 0 Å². The van der Waals surface area contributed by atoms with E-state index in [1.54, 1.807) is 24.3 Å². The van der Waals surface area contributed by atoms with Gasteiger partial charge >= 0.3 is 0 Å². The Labute approximate surface area is 159 Å². The van der Waals surface area contributed by atoms with Crippen molar-refractivity contribution in [1.29, 1.82) is 0 Å². The van der Waals surface area contributed by atoms with Crippen LogP contribution in [0.5, 0.6) is 0 Å². The molecule has 136 valence electrons. The molecule has 1 atom stereocenters. The summed E-state index contributed by atoms with van der Waals surface area (Å²) in [6.07, 6.45) is 0.709. The average Bonchev–Trinajstić information content (AvgIpc) is 2.69. The molecule has 0 fully saturated rings. The summed E-state index contributed by atoms with van der Waals surface area (Å²) in [4.78, 5) is 23.9. The summed E-state index contributed by atoms with van der Waals surface area (Å²) in [5.41, 5.74) is 3.44. The normalized spacial score (nSPS) is 11.4. The fourth-order valence-electron chi connectivity index (χ4n) is 2.94. The fraction of sp³-hybridized carbons (Fsp3) is 0.130. The lowest BCUT2D eigenvalue weighted by molar-refractivity contribution is -0.114. The van der Waals surface area contributed by atoms with Gasteiger partial charge in [-0.2, -0.15) is 0 Å². The van der Waals surface area contributed by atoms with Crippen molar-refractivity contribution in [2.24, 2.45) is 0 Å². The van der Waals surface area contributed by atoms with Crippen molar-refractivity contribution in [3.8, 4) is 0 Å². The SMILES string of the molecule is CC(=O)Nc1ccc(C(=O)NC(Cc2ccccc2)c2ccccc2)cc1. The molecule has 0 heterocycles. The average molecular weight is 358 g/mol. The minimum absolute atomic E-state index is 0.129. The van der Waals surface area contributed by atoms with Crippen molar-refractivity contribution < 1.29 is 9.59 Å². The molecule has 0 aliphatic heterocycles. The standard InChI is InChI=1S/C23H22N2O2/c1-17(26)24-21-14-12-20(13-15-21)23(27)25-22(19-10-6-3-7-11-19)16-18-8-4-2-5-9-18/h2-15,22H,16H2,1H3,(H,24,26)(H,25,27). The predicted octanol–water partition coefficient (Wildman–Crippen LogP) is 4.36. The smallest absolute Gasteiger partial charge is 0.251 e. The molecular formula is C23H22N2O2. The molecule has 4 nitrogen and oxygen atoms in total. The number of nitrogens with one attached hydrogen (secondary N) is 2. The zero-order chi connectivity index (χ0) is 19.1. The summed E-state index contributed by atoms with van der Waals surface area (Å²) in [6, 6.07) is 26.8. The summed E-state index contributed by atoms with van der Waals surface area (Å²) in [6.45, 7) is 1.45. The molecular weight excluding hydrogens is 336 g/mol. The number of carbonyl (C=O) groups excluding carboxylic acids is 2. The highest BCUT2D eigenvalue weighted by atomic mass is 16.2. The third-order valence-electron chi connectivity index (χ3n) is 4.26. The van der Waals surface area contributed by atoms with Gasteiger partial charge in [0.2, 0.25) is 5.91 Å². The van der Waals surface area contributed by atoms with Crippen molar-refractivity contribution in [1.82, 2.24) is 5.32 Å². The largest absolute Gasteiger partial charge is 0.345 e. The Morgan fingerprint density at radius 1 is 0.815 bits per heavy atom. The van der Waals surface area contributed by atoms with Crippen LogP contribution in [0.15, 0.2) is 84.9 Å². The van der Waals surface area contributed by atoms with Crippen molar-refractivity contribution in [3.05, 3.63) is 102 Å². The van der Waals surface area contributed by atoms with Gasteiger partial charge in [-0.15, -0.1) is 0 Å². The summed E-state index contributed by atoms with van der Waals surface area (Å²) < 4.78 is 0. The lowest BCUT2D eigenvalue weighted by Gasteiger charge is -2.20. The molecule has 0 aliphatic carbocycles. The molecule has 3 rings (SSSR count). The number of anilines is 1. The second-order valence-electron chi connectivity index (χ2n) is 6.38. The van der Waals surface area contributed by atoms with Gasteiger partial charge in [0, 0.05) is 18.2 Å². The van der Waals surface area contributed by atoms with E-state index in [2.05, 4.69) is 22.8 Å². The van der Waals surface area contributed by atoms with Gasteiger partial charge in [0.25, 0.3) is 5.91 Å². The minimum Gasteiger partial charge on any atom is -0.345 e. The second kappa shape index (κ2) is 8.81. The maximum Gasteiger partial charge on any atom is 0.251 e. The van der Waals surface area contributed by atoms with E-state index in [9.17, 15) is 9.59 Å². The van der Waals surface area contributed by atoms with E-state index in [4.69, 9.17) is 0 Å². The molecule has 0 saturated heterocycles. The lowest BCUT2D eigenvalue weighted by atomic mass is 9.98. The maximum atomic E-state index is 12.8. The molecule has 2 amide bonds. The highest BCUT2D eigenvalue weighted by Gasteiger charge is 2.16. The van der Waals surface area contributed by atoms with E-state index >= 15 is 0 Å². The molecule has 0 spiro atoms. The van der Waals surface area contributed by atoms with E-state index in [-0.39, 0.29) is 17.9 Å². The first-order chi connectivity index (χ1) is 13.1. The molecule has 2 N–H and O–H groups in total. The van der Waals surface area contributed by atoms with Crippen molar-refractivity contribution in [2.45, 2.75) is 19.4 Å². The van der Waals surface area contributed by atoms with Gasteiger partial charge in [-0.1, -0.05) is 60.7 Å². The summed E-state index contributed by atoms with van der Waals surface area (Å²) in [5, 5.41) is 5.83. The summed E-state index contributed by atoms with van der Waals surface area (Å²) >= 11 is 0. The number of benzene rings is 3. The zero-order valence-electron chi connectivity index (χ0n) is 15.2. The van der Waals surface area contributed by atoms with Gasteiger partial charge in [-0.3, -0.25) is 9.59 Å². The molecule has 0 bridgehead atoms. The monoisotopic (exact) mass is 358 g/mol. The molecule has 3 aromatic rings. The summed E-state index contributed by atoms with van der Waals surface area (Å²) in [5.74, 6) is -0.284. The van der Waals surface area contributed by atoms with Crippen LogP contribution < -0.4 is 10.6 Å². The van der Waals surface area contributed by atoms with Crippen molar-refractivity contribution in [3.63, 3.8) is 0 Å². The van der Waals surface area contributed by atoms with Gasteiger partial charge in [0.1, 0.15) is 0 Å². The van der Waals surface area contributed by atoms with Crippen LogP contribution in [0.3, 0.4) is 0 Å². The Balaban J connectivity index is 1.77. The molecule has 3 aromatic carbocycles. The van der Waals surface area contributed by atoms with Gasteiger partial charge in [0.05, 0.1) is 6.04 Å². The quantitative estimate of drug-likeness (QED) is 0.688. The third-order valence-corrected chi connectivity index (χ3v) is 4.26. The highest BCUT2D eigenvalue weighted by molar-refractivity contribution is 5.95. The van der Waals surface area contributed by atoms with E-state index in [1.807, 2.05) is 48.5 Å². The van der Waals surface area contributed by atoms with E-state index in [0.717, 1.165) is 11.1 Å². The maximum absolute atomic E-state index is 12.8. The van der Waals surface area contributed by atoms with Crippen LogP contribution in [-0.4, -0.2) is 11.8 Å². The van der Waals surface area contributed by atoms with Crippen molar-refractivity contribution >= 4 is 17.5 Å². The molecule has 1 unspecified atom stereocenters. The van der Waals surface area contributed by atoms with E-state index < -0.39 is 0 Å². The zero-order valence-corrected chi connectivity index (χ0v) is 15.2. The van der Waals surface area contributed by atoms with Crippen molar-refractivity contribution in [2.75, 3.05) is 5.32 Å². The molecule has 0 aromatic heterocycles. The van der Waals surface area contributed by atoms with Gasteiger partial charge < -0.3 is 10.6 Å². The van der Waals surface area contributed by atoms with E-state index in [0.29, 0.717) is 17.7 Å². The number of rotatable bonds is 6. The molecule has 27 heavy (non-hydrogen) atoms. The third kappa shape index (κ3) is 5.28. The van der Waals surface area contributed by atoms with Crippen LogP contribution in [0, 0.1) is 0 Å². The molecule has 0 aliphatic rings. The lowest BCUT2D eigenvalue weighted by Crippen LogP contribution is -2.30. The molecule has 0 saturated carbocycles. The van der Waals surface area contributed by atoms with Gasteiger partial charge in [-0.25, -0.2) is 0 Å². The first-order valence-electron chi connectivity index (χ1n) is 8.89. The van der Waals surface area contributed by atoms with Crippen LogP contribution in [0.1, 0.15) is 34.5 Å². The molecule has 4 heteroatoms. The second-order valence-corrected chi connectivity index (χ2v) is 6.38. The van der Waals surface area contributed by atoms with E-state index in [1.165, 1.54) is 6.92 Å². The highest BCUT2D eigenvalue weighted by Crippen LogP contribution is 2.19. The number of amides is 2. The van der Waals surface area contributed by atoms with Crippen LogP contribution in [0.25, 0.3) is 0 Å². The Kier molecular flexibility index (Phi) is 6.00. The minimum atomic E-state index is -0.144. The Bertz CT molecular complexity index is 891. The van der Waals surface area contributed by atoms with Gasteiger partial charge in [0.15, 0.2) is 0 Å². The number of hydrogen-bond donors (Lipinski definition) is 2. The fourth-order valence-corrected chi connectivity index (χ4v) is 2.94. The summed E-state index contributed by atoms with van der Waals surface area (Å²) in [7, 11) is 0. The predicted molar refractivity (Wildman–Crippen MR) is 108 cm³/mol. The Morgan fingerprint density at radius 3 is 2.00 bits per heavy atom. The number of carbonyl (C=O) groups is 2. The first-order valence-corrected chi connectivity index (χ1v) is 8.89. The number of hydrogen-bond acceptors (Lipinski definition) is 2. The molecule has 0 radical (unpaired) electrons. The van der Waals surface area contributed by atoms with Crippen LogP contribution >= 0.6 is 0 Å².